The van der Waals surface area contributed by atoms with E-state index in [1.165, 1.54) is 24.4 Å². The molecular formula is C25H19FN2O3. The van der Waals surface area contributed by atoms with Crippen molar-refractivity contribution in [3.05, 3.63) is 94.2 Å². The molecule has 2 aromatic heterocycles. The van der Waals surface area contributed by atoms with E-state index in [2.05, 4.69) is 10.6 Å². The molecule has 6 heteroatoms. The zero-order chi connectivity index (χ0) is 21.7. The number of aryl methyl sites for hydroxylation is 3. The van der Waals surface area contributed by atoms with Crippen molar-refractivity contribution in [3.63, 3.8) is 0 Å². The van der Waals surface area contributed by atoms with E-state index in [1.54, 1.807) is 10.6 Å². The summed E-state index contributed by atoms with van der Waals surface area (Å²) < 4.78 is 18.0. The van der Waals surface area contributed by atoms with Crippen molar-refractivity contribution in [2.45, 2.75) is 20.0 Å². The first-order chi connectivity index (χ1) is 14.9. The minimum absolute atomic E-state index is 0.255. The van der Waals surface area contributed by atoms with Crippen LogP contribution in [0.25, 0.3) is 33.6 Å². The summed E-state index contributed by atoms with van der Waals surface area (Å²) in [5.41, 5.74) is 5.17. The number of benzene rings is 2. The van der Waals surface area contributed by atoms with Gasteiger partial charge in [0.1, 0.15) is 11.4 Å². The number of carboxylic acids is 1. The van der Waals surface area contributed by atoms with Crippen molar-refractivity contribution in [1.29, 1.82) is 0 Å². The highest BCUT2D eigenvalue weighted by Gasteiger charge is 2.26. The summed E-state index contributed by atoms with van der Waals surface area (Å²) in [5.74, 6) is -1.59. The number of carboxylic acid groups (broad SMARTS) is 1. The third-order valence-electron chi connectivity index (χ3n) is 5.70. The van der Waals surface area contributed by atoms with Crippen LogP contribution in [0.2, 0.25) is 0 Å². The van der Waals surface area contributed by atoms with Crippen LogP contribution in [-0.2, 0) is 13.1 Å². The Labute approximate surface area is 177 Å². The number of hydrogen-bond acceptors (Lipinski definition) is 2. The zero-order valence-corrected chi connectivity index (χ0v) is 16.8. The second-order valence-electron chi connectivity index (χ2n) is 7.77. The van der Waals surface area contributed by atoms with Crippen molar-refractivity contribution < 1.29 is 14.3 Å². The normalized spacial score (nSPS) is 12.3. The topological polar surface area (TPSA) is 64.2 Å². The lowest BCUT2D eigenvalue weighted by atomic mass is 9.94. The van der Waals surface area contributed by atoms with E-state index in [9.17, 15) is 19.1 Å². The SMILES string of the molecule is Cc1cccc(-c2cn3c(c2-c2cccc(F)c2)-c2cc(=O)c(C(=O)O)cn2CC3)c1. The number of halogens is 1. The van der Waals surface area contributed by atoms with Gasteiger partial charge in [0.2, 0.25) is 0 Å². The predicted molar refractivity (Wildman–Crippen MR) is 117 cm³/mol. The summed E-state index contributed by atoms with van der Waals surface area (Å²) in [6.45, 7) is 3.16. The van der Waals surface area contributed by atoms with Gasteiger partial charge in [-0.15, -0.1) is 0 Å². The second kappa shape index (κ2) is 7.09. The molecule has 0 aliphatic carbocycles. The van der Waals surface area contributed by atoms with E-state index in [1.807, 2.05) is 37.4 Å². The van der Waals surface area contributed by atoms with Crippen molar-refractivity contribution in [2.24, 2.45) is 0 Å². The molecule has 0 radical (unpaired) electrons. The molecule has 0 fully saturated rings. The van der Waals surface area contributed by atoms with E-state index < -0.39 is 11.4 Å². The summed E-state index contributed by atoms with van der Waals surface area (Å²) in [6.07, 6.45) is 3.43. The highest BCUT2D eigenvalue weighted by Crippen LogP contribution is 2.43. The highest BCUT2D eigenvalue weighted by atomic mass is 19.1. The molecule has 31 heavy (non-hydrogen) atoms. The summed E-state index contributed by atoms with van der Waals surface area (Å²) in [5, 5.41) is 9.34. The number of rotatable bonds is 3. The van der Waals surface area contributed by atoms with Crippen LogP contribution in [-0.4, -0.2) is 20.2 Å². The third kappa shape index (κ3) is 3.17. The largest absolute Gasteiger partial charge is 0.477 e. The van der Waals surface area contributed by atoms with Crippen LogP contribution < -0.4 is 5.43 Å². The summed E-state index contributed by atoms with van der Waals surface area (Å²) in [4.78, 5) is 23.9. The van der Waals surface area contributed by atoms with Crippen molar-refractivity contribution in [3.8, 4) is 33.6 Å². The maximum atomic E-state index is 14.2. The predicted octanol–water partition coefficient (Wildman–Crippen LogP) is 4.81. The lowest BCUT2D eigenvalue weighted by molar-refractivity contribution is 0.0694. The first-order valence-corrected chi connectivity index (χ1v) is 9.96. The number of fused-ring (bicyclic) bond motifs is 3. The number of aromatic nitrogens is 2. The zero-order valence-electron chi connectivity index (χ0n) is 16.8. The van der Waals surface area contributed by atoms with Crippen LogP contribution in [0, 0.1) is 12.7 Å². The van der Waals surface area contributed by atoms with Gasteiger partial charge in [0.05, 0.1) is 11.4 Å². The molecule has 154 valence electrons. The van der Waals surface area contributed by atoms with Gasteiger partial charge in [0.25, 0.3) is 0 Å². The summed E-state index contributed by atoms with van der Waals surface area (Å²) >= 11 is 0. The lowest BCUT2D eigenvalue weighted by Crippen LogP contribution is -2.23. The second-order valence-corrected chi connectivity index (χ2v) is 7.77. The number of aromatic carboxylic acids is 1. The molecule has 1 N–H and O–H groups in total. The molecule has 2 aromatic carbocycles. The molecule has 1 aliphatic heterocycles. The number of nitrogens with zero attached hydrogens (tertiary/aromatic N) is 2. The van der Waals surface area contributed by atoms with Crippen molar-refractivity contribution >= 4 is 5.97 Å². The van der Waals surface area contributed by atoms with Gasteiger partial charge in [-0.1, -0.05) is 42.0 Å². The molecule has 1 aliphatic rings. The smallest absolute Gasteiger partial charge is 0.341 e. The van der Waals surface area contributed by atoms with E-state index >= 15 is 0 Å². The Bertz CT molecular complexity index is 1410. The molecule has 0 saturated heterocycles. The van der Waals surface area contributed by atoms with Gasteiger partial charge in [0.15, 0.2) is 5.43 Å². The Morgan fingerprint density at radius 2 is 1.71 bits per heavy atom. The molecule has 0 amide bonds. The molecule has 5 rings (SSSR count). The molecule has 0 spiro atoms. The van der Waals surface area contributed by atoms with Gasteiger partial charge < -0.3 is 14.2 Å². The Balaban J connectivity index is 1.84. The van der Waals surface area contributed by atoms with Gasteiger partial charge in [-0.25, -0.2) is 9.18 Å². The fraction of sp³-hybridized carbons (Fsp3) is 0.120. The fourth-order valence-electron chi connectivity index (χ4n) is 4.31. The van der Waals surface area contributed by atoms with Crippen LogP contribution >= 0.6 is 0 Å². The van der Waals surface area contributed by atoms with Gasteiger partial charge in [-0.2, -0.15) is 0 Å². The van der Waals surface area contributed by atoms with Crippen molar-refractivity contribution in [1.82, 2.24) is 9.13 Å². The minimum atomic E-state index is -1.24. The number of hydrogen-bond donors (Lipinski definition) is 1. The number of pyridine rings is 1. The van der Waals surface area contributed by atoms with Gasteiger partial charge in [-0.3, -0.25) is 4.79 Å². The monoisotopic (exact) mass is 414 g/mol. The molecule has 0 unspecified atom stereocenters. The van der Waals surface area contributed by atoms with Crippen molar-refractivity contribution in [2.75, 3.05) is 0 Å². The van der Waals surface area contributed by atoms with Crippen LogP contribution in [0.3, 0.4) is 0 Å². The highest BCUT2D eigenvalue weighted by molar-refractivity contribution is 5.94. The van der Waals surface area contributed by atoms with E-state index in [0.717, 1.165) is 27.9 Å². The van der Waals surface area contributed by atoms with Crippen LogP contribution in [0.5, 0.6) is 0 Å². The first-order valence-electron chi connectivity index (χ1n) is 9.96. The van der Waals surface area contributed by atoms with Crippen LogP contribution in [0.4, 0.5) is 4.39 Å². The molecule has 5 nitrogen and oxygen atoms in total. The van der Waals surface area contributed by atoms with Crippen LogP contribution in [0.1, 0.15) is 15.9 Å². The summed E-state index contributed by atoms with van der Waals surface area (Å²) in [6, 6.07) is 15.9. The average Bonchev–Trinajstić information content (AvgIpc) is 3.13. The Morgan fingerprint density at radius 1 is 0.968 bits per heavy atom. The maximum Gasteiger partial charge on any atom is 0.341 e. The molecule has 0 saturated carbocycles. The minimum Gasteiger partial charge on any atom is -0.477 e. The average molecular weight is 414 g/mol. The van der Waals surface area contributed by atoms with Gasteiger partial charge >= 0.3 is 5.97 Å². The Hall–Kier alpha value is -3.93. The van der Waals surface area contributed by atoms with Gasteiger partial charge in [-0.05, 0) is 30.2 Å². The van der Waals surface area contributed by atoms with E-state index in [-0.39, 0.29) is 11.4 Å². The first kappa shape index (κ1) is 19.1. The molecular weight excluding hydrogens is 395 g/mol. The molecule has 0 atom stereocenters. The van der Waals surface area contributed by atoms with E-state index in [4.69, 9.17) is 0 Å². The summed E-state index contributed by atoms with van der Waals surface area (Å²) in [7, 11) is 0. The Kier molecular flexibility index (Phi) is 4.36. The molecule has 3 heterocycles. The third-order valence-corrected chi connectivity index (χ3v) is 5.70. The Morgan fingerprint density at radius 3 is 2.45 bits per heavy atom. The number of carbonyl (C=O) groups is 1. The van der Waals surface area contributed by atoms with Gasteiger partial charge in [0, 0.05) is 42.7 Å². The molecule has 4 aromatic rings. The lowest BCUT2D eigenvalue weighted by Gasteiger charge is -2.23. The standard InChI is InChI=1S/C25H19FN2O3/c1-15-4-2-5-16(10-15)19-13-28-9-8-27-14-20(25(30)31)22(29)12-21(27)24(28)23(19)17-6-3-7-18(26)11-17/h2-7,10-14H,8-9H2,1H3,(H,30,31). The molecule has 0 bridgehead atoms. The van der Waals surface area contributed by atoms with E-state index in [0.29, 0.717) is 24.3 Å². The van der Waals surface area contributed by atoms with Crippen LogP contribution in [0.15, 0.2) is 71.8 Å². The fourth-order valence-corrected chi connectivity index (χ4v) is 4.31. The quantitative estimate of drug-likeness (QED) is 0.523. The maximum absolute atomic E-state index is 14.2.